The van der Waals surface area contributed by atoms with Crippen molar-refractivity contribution in [1.82, 2.24) is 0 Å². The lowest BCUT2D eigenvalue weighted by Gasteiger charge is -2.41. The van der Waals surface area contributed by atoms with Crippen molar-refractivity contribution in [3.63, 3.8) is 0 Å². The zero-order chi connectivity index (χ0) is 22.2. The topological polar surface area (TPSA) is 37.4 Å². The predicted molar refractivity (Wildman–Crippen MR) is 128 cm³/mol. The van der Waals surface area contributed by atoms with Crippen LogP contribution in [-0.4, -0.2) is 11.7 Å². The quantitative estimate of drug-likeness (QED) is 0.503. The second-order valence-corrected chi connectivity index (χ2v) is 8.98. The Kier molecular flexibility index (Phi) is 5.26. The highest BCUT2D eigenvalue weighted by Gasteiger charge is 2.42. The lowest BCUT2D eigenvalue weighted by atomic mass is 9.72. The van der Waals surface area contributed by atoms with Crippen molar-refractivity contribution >= 4 is 17.4 Å². The first kappa shape index (κ1) is 20.4. The molecule has 3 aromatic rings. The maximum atomic E-state index is 13.7. The fourth-order valence-electron chi connectivity index (χ4n) is 5.31. The second kappa shape index (κ2) is 8.23. The molecule has 160 valence electrons. The Hall–Kier alpha value is -3.46. The van der Waals surface area contributed by atoms with Gasteiger partial charge in [-0.1, -0.05) is 66.7 Å². The number of benzene rings is 3. The Morgan fingerprint density at radius 1 is 0.781 bits per heavy atom. The summed E-state index contributed by atoms with van der Waals surface area (Å²) in [5, 5.41) is 0. The van der Waals surface area contributed by atoms with Crippen molar-refractivity contribution in [1.29, 1.82) is 0 Å². The summed E-state index contributed by atoms with van der Waals surface area (Å²) in [6.45, 7) is 4.09. The number of nitrogens with zero attached hydrogens (tertiary/aromatic N) is 1. The van der Waals surface area contributed by atoms with Crippen molar-refractivity contribution in [2.75, 3.05) is 4.90 Å². The Balaban J connectivity index is 1.68. The minimum atomic E-state index is -0.177. The van der Waals surface area contributed by atoms with Crippen LogP contribution in [0.1, 0.15) is 53.4 Å². The van der Waals surface area contributed by atoms with E-state index in [0.717, 1.165) is 39.2 Å². The zero-order valence-electron chi connectivity index (χ0n) is 18.5. The summed E-state index contributed by atoms with van der Waals surface area (Å²) in [5.41, 5.74) is 7.02. The largest absolute Gasteiger partial charge is 0.294 e. The van der Waals surface area contributed by atoms with Crippen LogP contribution in [0.15, 0.2) is 90.1 Å². The van der Waals surface area contributed by atoms with Gasteiger partial charge in [0.25, 0.3) is 0 Å². The average Bonchev–Trinajstić information content (AvgIpc) is 2.79. The van der Waals surface area contributed by atoms with Crippen molar-refractivity contribution in [3.8, 4) is 0 Å². The number of aryl methyl sites for hydroxylation is 2. The van der Waals surface area contributed by atoms with Gasteiger partial charge in [0.15, 0.2) is 5.78 Å². The molecule has 1 aliphatic heterocycles. The summed E-state index contributed by atoms with van der Waals surface area (Å²) in [5.74, 6) is 0.129. The number of rotatable bonds is 3. The van der Waals surface area contributed by atoms with Crippen LogP contribution in [0.3, 0.4) is 0 Å². The summed E-state index contributed by atoms with van der Waals surface area (Å²) < 4.78 is 0. The predicted octanol–water partition coefficient (Wildman–Crippen LogP) is 6.22. The van der Waals surface area contributed by atoms with Crippen LogP contribution in [0.4, 0.5) is 5.69 Å². The second-order valence-electron chi connectivity index (χ2n) is 8.98. The Labute approximate surface area is 189 Å². The van der Waals surface area contributed by atoms with E-state index in [4.69, 9.17) is 0 Å². The van der Waals surface area contributed by atoms with E-state index in [1.54, 1.807) is 0 Å². The third kappa shape index (κ3) is 3.58. The standard InChI is InChI=1S/C29H27NO2/c1-19-9-8-13-23(15-19)30-26-16-22(21-11-4-3-5-12-21)17-27(31)29(26)25(18-28(30)32)24-14-7-6-10-20(24)2/h3-15,22,25H,16-18H2,1-2H3. The molecule has 1 amide bonds. The summed E-state index contributed by atoms with van der Waals surface area (Å²) in [4.78, 5) is 29.1. The molecule has 0 bridgehead atoms. The molecule has 0 saturated heterocycles. The van der Waals surface area contributed by atoms with Gasteiger partial charge in [0.1, 0.15) is 0 Å². The van der Waals surface area contributed by atoms with E-state index in [9.17, 15) is 9.59 Å². The molecule has 0 radical (unpaired) electrons. The Morgan fingerprint density at radius 3 is 2.28 bits per heavy atom. The molecule has 0 saturated carbocycles. The van der Waals surface area contributed by atoms with E-state index in [2.05, 4.69) is 31.2 Å². The van der Waals surface area contributed by atoms with Gasteiger partial charge in [0, 0.05) is 35.7 Å². The van der Waals surface area contributed by atoms with Crippen LogP contribution in [-0.2, 0) is 9.59 Å². The fourth-order valence-corrected chi connectivity index (χ4v) is 5.31. The average molecular weight is 422 g/mol. The number of amides is 1. The van der Waals surface area contributed by atoms with Crippen LogP contribution < -0.4 is 4.90 Å². The number of allylic oxidation sites excluding steroid dienone is 2. The highest BCUT2D eigenvalue weighted by molar-refractivity contribution is 6.08. The highest BCUT2D eigenvalue weighted by atomic mass is 16.2. The molecule has 1 heterocycles. The minimum absolute atomic E-state index is 0.0594. The van der Waals surface area contributed by atoms with Crippen LogP contribution >= 0.6 is 0 Å². The van der Waals surface area contributed by atoms with E-state index >= 15 is 0 Å². The van der Waals surface area contributed by atoms with Crippen molar-refractivity contribution in [2.24, 2.45) is 0 Å². The number of carbonyl (C=O) groups is 2. The molecule has 2 atom stereocenters. The van der Waals surface area contributed by atoms with Gasteiger partial charge < -0.3 is 0 Å². The number of Topliss-reactive ketones (excluding diaryl/α,β-unsaturated/α-hetero) is 1. The highest BCUT2D eigenvalue weighted by Crippen LogP contribution is 2.47. The maximum Gasteiger partial charge on any atom is 0.232 e. The van der Waals surface area contributed by atoms with Gasteiger partial charge in [-0.15, -0.1) is 0 Å². The van der Waals surface area contributed by atoms with Crippen molar-refractivity contribution < 1.29 is 9.59 Å². The molecular weight excluding hydrogens is 394 g/mol. The first-order chi connectivity index (χ1) is 15.5. The molecule has 0 aromatic heterocycles. The molecule has 32 heavy (non-hydrogen) atoms. The Morgan fingerprint density at radius 2 is 1.53 bits per heavy atom. The number of hydrogen-bond acceptors (Lipinski definition) is 2. The van der Waals surface area contributed by atoms with Crippen LogP contribution in [0.25, 0.3) is 0 Å². The molecule has 3 heteroatoms. The third-order valence-electron chi connectivity index (χ3n) is 6.82. The lowest BCUT2D eigenvalue weighted by Crippen LogP contribution is -2.42. The maximum absolute atomic E-state index is 13.7. The molecule has 3 aromatic carbocycles. The van der Waals surface area contributed by atoms with Crippen LogP contribution in [0, 0.1) is 13.8 Å². The molecule has 5 rings (SSSR count). The lowest BCUT2D eigenvalue weighted by molar-refractivity contribution is -0.120. The monoisotopic (exact) mass is 421 g/mol. The van der Waals surface area contributed by atoms with Crippen LogP contribution in [0.2, 0.25) is 0 Å². The van der Waals surface area contributed by atoms with E-state index < -0.39 is 0 Å². The third-order valence-corrected chi connectivity index (χ3v) is 6.82. The number of carbonyl (C=O) groups excluding carboxylic acids is 2. The van der Waals surface area contributed by atoms with Crippen molar-refractivity contribution in [2.45, 2.75) is 44.9 Å². The van der Waals surface area contributed by atoms with Gasteiger partial charge in [0.05, 0.1) is 0 Å². The molecule has 2 aliphatic rings. The van der Waals surface area contributed by atoms with Crippen LogP contribution in [0.5, 0.6) is 0 Å². The number of ketones is 1. The molecule has 2 unspecified atom stereocenters. The number of anilines is 1. The number of hydrogen-bond donors (Lipinski definition) is 0. The molecular formula is C29H27NO2. The van der Waals surface area contributed by atoms with Gasteiger partial charge in [-0.3, -0.25) is 14.5 Å². The molecule has 0 fully saturated rings. The first-order valence-corrected chi connectivity index (χ1v) is 11.3. The normalized spacial score (nSPS) is 21.0. The van der Waals surface area contributed by atoms with E-state index in [1.165, 1.54) is 0 Å². The SMILES string of the molecule is Cc1cccc(N2C(=O)CC(c3ccccc3C)C3=C2CC(c2ccccc2)CC3=O)c1. The minimum Gasteiger partial charge on any atom is -0.294 e. The molecule has 1 aliphatic carbocycles. The van der Waals surface area contributed by atoms with E-state index in [-0.39, 0.29) is 23.5 Å². The molecule has 3 nitrogen and oxygen atoms in total. The molecule has 0 N–H and O–H groups in total. The van der Waals surface area contributed by atoms with Crippen molar-refractivity contribution in [3.05, 3.63) is 112 Å². The smallest absolute Gasteiger partial charge is 0.232 e. The summed E-state index contributed by atoms with van der Waals surface area (Å²) in [7, 11) is 0. The van der Waals surface area contributed by atoms with E-state index in [0.29, 0.717) is 19.3 Å². The fraction of sp³-hybridized carbons (Fsp3) is 0.241. The summed E-state index contributed by atoms with van der Waals surface area (Å²) >= 11 is 0. The molecule has 0 spiro atoms. The Bertz CT molecular complexity index is 1220. The zero-order valence-corrected chi connectivity index (χ0v) is 18.5. The summed E-state index contributed by atoms with van der Waals surface area (Å²) in [6, 6.07) is 26.4. The van der Waals surface area contributed by atoms with Gasteiger partial charge in [-0.2, -0.15) is 0 Å². The summed E-state index contributed by atoms with van der Waals surface area (Å²) in [6.07, 6.45) is 1.49. The first-order valence-electron chi connectivity index (χ1n) is 11.3. The van der Waals surface area contributed by atoms with Gasteiger partial charge >= 0.3 is 0 Å². The van der Waals surface area contributed by atoms with Gasteiger partial charge in [-0.05, 0) is 60.6 Å². The van der Waals surface area contributed by atoms with E-state index in [1.807, 2.05) is 66.4 Å². The van der Waals surface area contributed by atoms with Gasteiger partial charge in [0.2, 0.25) is 5.91 Å². The van der Waals surface area contributed by atoms with Gasteiger partial charge in [-0.25, -0.2) is 0 Å².